The van der Waals surface area contributed by atoms with Crippen molar-refractivity contribution in [3.63, 3.8) is 0 Å². The lowest BCUT2D eigenvalue weighted by Gasteiger charge is -2.63. The van der Waals surface area contributed by atoms with E-state index in [9.17, 15) is 19.5 Å². The molecule has 0 radical (unpaired) electrons. The van der Waals surface area contributed by atoms with E-state index in [0.717, 1.165) is 25.7 Å². The minimum atomic E-state index is -0.839. The standard InChI is InChI=1S/C23H32O5/c1-5-17(24)28-23-12-8-16-20(3)9-6-10-21(4,19(26)27)15(20)7-11-22(16,13-23)18(25)14(23)2/h15-16H,2,5-13H2,1,3-4H3,(H,26,27)/t15-,16-,20+,21+,22+,23-/m0/s1. The van der Waals surface area contributed by atoms with Crippen molar-refractivity contribution in [1.82, 2.24) is 0 Å². The van der Waals surface area contributed by atoms with Gasteiger partial charge in [0, 0.05) is 23.8 Å². The number of hydrogen-bond donors (Lipinski definition) is 1. The predicted octanol–water partition coefficient (Wildman–Crippen LogP) is 4.29. The number of carbonyl (C=O) groups is 3. The Balaban J connectivity index is 1.74. The van der Waals surface area contributed by atoms with E-state index in [1.54, 1.807) is 6.92 Å². The summed E-state index contributed by atoms with van der Waals surface area (Å²) in [6.07, 6.45) is 6.24. The molecular weight excluding hydrogens is 356 g/mol. The molecule has 1 N–H and O–H groups in total. The number of ether oxygens (including phenoxy) is 1. The van der Waals surface area contributed by atoms with Crippen LogP contribution in [0.1, 0.15) is 78.6 Å². The van der Waals surface area contributed by atoms with Crippen LogP contribution in [-0.4, -0.2) is 28.4 Å². The first-order valence-corrected chi connectivity index (χ1v) is 10.8. The van der Waals surface area contributed by atoms with Crippen LogP contribution in [0.15, 0.2) is 12.2 Å². The third-order valence-corrected chi connectivity index (χ3v) is 9.12. The van der Waals surface area contributed by atoms with Crippen molar-refractivity contribution in [2.45, 2.75) is 84.2 Å². The Morgan fingerprint density at radius 3 is 2.46 bits per heavy atom. The molecule has 5 nitrogen and oxygen atoms in total. The first-order chi connectivity index (χ1) is 13.1. The van der Waals surface area contributed by atoms with E-state index in [4.69, 9.17) is 4.74 Å². The Morgan fingerprint density at radius 1 is 1.14 bits per heavy atom. The molecule has 4 fully saturated rings. The Morgan fingerprint density at radius 2 is 1.82 bits per heavy atom. The summed E-state index contributed by atoms with van der Waals surface area (Å²) in [4.78, 5) is 37.8. The highest BCUT2D eigenvalue weighted by Crippen LogP contribution is 2.72. The number of esters is 1. The van der Waals surface area contributed by atoms with Gasteiger partial charge in [-0.1, -0.05) is 26.8 Å². The summed E-state index contributed by atoms with van der Waals surface area (Å²) < 4.78 is 5.84. The van der Waals surface area contributed by atoms with Gasteiger partial charge in [-0.3, -0.25) is 14.4 Å². The van der Waals surface area contributed by atoms with Crippen LogP contribution in [0.5, 0.6) is 0 Å². The molecule has 0 unspecified atom stereocenters. The van der Waals surface area contributed by atoms with Crippen LogP contribution in [0, 0.1) is 28.1 Å². The van der Waals surface area contributed by atoms with E-state index < -0.39 is 22.4 Å². The second kappa shape index (κ2) is 5.93. The molecule has 0 aromatic carbocycles. The summed E-state index contributed by atoms with van der Waals surface area (Å²) in [5, 5.41) is 10.00. The molecule has 1 spiro atoms. The highest BCUT2D eigenvalue weighted by Gasteiger charge is 2.72. The van der Waals surface area contributed by atoms with Crippen molar-refractivity contribution in [2.24, 2.45) is 28.1 Å². The van der Waals surface area contributed by atoms with E-state index >= 15 is 0 Å². The van der Waals surface area contributed by atoms with Gasteiger partial charge in [0.15, 0.2) is 5.78 Å². The molecular formula is C23H32O5. The monoisotopic (exact) mass is 388 g/mol. The quantitative estimate of drug-likeness (QED) is 0.576. The van der Waals surface area contributed by atoms with Gasteiger partial charge in [-0.25, -0.2) is 0 Å². The molecule has 4 rings (SSSR count). The third-order valence-electron chi connectivity index (χ3n) is 9.12. The van der Waals surface area contributed by atoms with Crippen molar-refractivity contribution >= 4 is 17.7 Å². The van der Waals surface area contributed by atoms with Crippen LogP contribution in [0.25, 0.3) is 0 Å². The fourth-order valence-electron chi connectivity index (χ4n) is 7.79. The minimum absolute atomic E-state index is 0.0705. The molecule has 4 saturated carbocycles. The maximum Gasteiger partial charge on any atom is 0.309 e. The predicted molar refractivity (Wildman–Crippen MR) is 103 cm³/mol. The van der Waals surface area contributed by atoms with Crippen molar-refractivity contribution in [2.75, 3.05) is 0 Å². The zero-order valence-electron chi connectivity index (χ0n) is 17.3. The molecule has 6 atom stereocenters. The number of carboxylic acids is 1. The highest BCUT2D eigenvalue weighted by atomic mass is 16.6. The fourth-order valence-corrected chi connectivity index (χ4v) is 7.79. The van der Waals surface area contributed by atoms with E-state index in [0.29, 0.717) is 31.3 Å². The second-order valence-electron chi connectivity index (χ2n) is 10.2. The van der Waals surface area contributed by atoms with Gasteiger partial charge in [-0.2, -0.15) is 0 Å². The summed E-state index contributed by atoms with van der Waals surface area (Å²) in [6, 6.07) is 0. The lowest BCUT2D eigenvalue weighted by molar-refractivity contribution is -0.192. The van der Waals surface area contributed by atoms with Crippen molar-refractivity contribution < 1.29 is 24.2 Å². The van der Waals surface area contributed by atoms with Gasteiger partial charge >= 0.3 is 11.9 Å². The molecule has 154 valence electrons. The molecule has 0 amide bonds. The molecule has 4 aliphatic carbocycles. The summed E-state index contributed by atoms with van der Waals surface area (Å²) in [5.41, 5.74) is -1.81. The molecule has 28 heavy (non-hydrogen) atoms. The number of aliphatic carboxylic acids is 1. The lowest BCUT2D eigenvalue weighted by atomic mass is 9.40. The number of Topliss-reactive ketones (excluding diaryl/α,β-unsaturated/α-hetero) is 1. The average Bonchev–Trinajstić information content (AvgIpc) is 2.79. The molecule has 0 heterocycles. The van der Waals surface area contributed by atoms with E-state index in [1.807, 2.05) is 6.92 Å². The zero-order valence-corrected chi connectivity index (χ0v) is 17.3. The normalized spacial score (nSPS) is 47.2. The van der Waals surface area contributed by atoms with Gasteiger partial charge in [0.25, 0.3) is 0 Å². The Labute approximate surface area is 166 Å². The highest BCUT2D eigenvalue weighted by molar-refractivity contribution is 6.05. The van der Waals surface area contributed by atoms with Gasteiger partial charge in [0.1, 0.15) is 5.60 Å². The number of carbonyl (C=O) groups excluding carboxylic acids is 2. The fraction of sp³-hybridized carbons (Fsp3) is 0.783. The van der Waals surface area contributed by atoms with Crippen LogP contribution in [0.3, 0.4) is 0 Å². The van der Waals surface area contributed by atoms with E-state index in [-0.39, 0.29) is 35.4 Å². The third kappa shape index (κ3) is 2.22. The first-order valence-electron chi connectivity index (χ1n) is 10.8. The first kappa shape index (κ1) is 19.7. The van der Waals surface area contributed by atoms with Crippen molar-refractivity contribution in [3.8, 4) is 0 Å². The summed E-state index contributed by atoms with van der Waals surface area (Å²) in [6.45, 7) is 9.98. The van der Waals surface area contributed by atoms with Gasteiger partial charge in [0.2, 0.25) is 0 Å². The van der Waals surface area contributed by atoms with Crippen LogP contribution in [0.4, 0.5) is 0 Å². The van der Waals surface area contributed by atoms with E-state index in [1.165, 1.54) is 0 Å². The van der Waals surface area contributed by atoms with Gasteiger partial charge < -0.3 is 9.84 Å². The Kier molecular flexibility index (Phi) is 4.16. The maximum absolute atomic E-state index is 13.5. The number of ketones is 1. The molecule has 0 aliphatic heterocycles. The largest absolute Gasteiger partial charge is 0.481 e. The molecule has 0 aromatic rings. The summed E-state index contributed by atoms with van der Waals surface area (Å²) in [5.74, 6) is -0.697. The smallest absolute Gasteiger partial charge is 0.309 e. The van der Waals surface area contributed by atoms with Gasteiger partial charge in [0.05, 0.1) is 5.41 Å². The van der Waals surface area contributed by atoms with Crippen LogP contribution in [0.2, 0.25) is 0 Å². The number of carboxylic acid groups (broad SMARTS) is 1. The molecule has 4 aliphatic rings. The second-order valence-corrected chi connectivity index (χ2v) is 10.2. The van der Waals surface area contributed by atoms with E-state index in [2.05, 4.69) is 13.5 Å². The molecule has 2 bridgehead atoms. The number of fused-ring (bicyclic) bond motifs is 3. The summed E-state index contributed by atoms with van der Waals surface area (Å²) >= 11 is 0. The number of hydrogen-bond acceptors (Lipinski definition) is 4. The van der Waals surface area contributed by atoms with Gasteiger partial charge in [-0.05, 0) is 62.7 Å². The van der Waals surface area contributed by atoms with Gasteiger partial charge in [-0.15, -0.1) is 0 Å². The van der Waals surface area contributed by atoms with Crippen LogP contribution in [-0.2, 0) is 19.1 Å². The molecule has 0 aromatic heterocycles. The van der Waals surface area contributed by atoms with Crippen LogP contribution < -0.4 is 0 Å². The van der Waals surface area contributed by atoms with Crippen molar-refractivity contribution in [3.05, 3.63) is 12.2 Å². The van der Waals surface area contributed by atoms with Crippen molar-refractivity contribution in [1.29, 1.82) is 0 Å². The zero-order chi connectivity index (χ0) is 20.5. The summed E-state index contributed by atoms with van der Waals surface area (Å²) in [7, 11) is 0. The minimum Gasteiger partial charge on any atom is -0.481 e. The molecule has 0 saturated heterocycles. The Bertz CT molecular complexity index is 771. The SMILES string of the molecule is C=C1C(=O)[C@@]23CC[C@H]4[C@@](C)(CCC[C@@]4(C)C(=O)O)[C@@H]2CC[C@]1(OC(=O)CC)C3. The van der Waals surface area contributed by atoms with Crippen LogP contribution >= 0.6 is 0 Å². The number of rotatable bonds is 3. The maximum atomic E-state index is 13.5. The molecule has 5 heteroatoms. The Hall–Kier alpha value is -1.65. The lowest BCUT2D eigenvalue weighted by Crippen LogP contribution is -2.60. The average molecular weight is 389 g/mol. The topological polar surface area (TPSA) is 80.7 Å².